The van der Waals surface area contributed by atoms with E-state index < -0.39 is 6.04 Å². The molecular formula is C24H32N2O4. The van der Waals surface area contributed by atoms with Crippen LogP contribution in [-0.2, 0) is 16.1 Å². The fourth-order valence-electron chi connectivity index (χ4n) is 2.91. The molecule has 2 rings (SSSR count). The summed E-state index contributed by atoms with van der Waals surface area (Å²) in [6, 6.07) is 14.4. The van der Waals surface area contributed by atoms with E-state index in [0.29, 0.717) is 24.6 Å². The minimum atomic E-state index is -0.602. The van der Waals surface area contributed by atoms with Crippen LogP contribution in [0.4, 0.5) is 0 Å². The Bertz CT molecular complexity index is 803. The van der Waals surface area contributed by atoms with Crippen molar-refractivity contribution in [3.05, 3.63) is 59.7 Å². The number of hydrogen-bond acceptors (Lipinski definition) is 4. The fraction of sp³-hybridized carbons (Fsp3) is 0.417. The van der Waals surface area contributed by atoms with Gasteiger partial charge in [0.1, 0.15) is 17.5 Å². The number of carbonyl (C=O) groups is 2. The first-order chi connectivity index (χ1) is 14.4. The van der Waals surface area contributed by atoms with Crippen molar-refractivity contribution in [3.8, 4) is 11.5 Å². The zero-order valence-electron chi connectivity index (χ0n) is 18.3. The van der Waals surface area contributed by atoms with E-state index >= 15 is 0 Å². The van der Waals surface area contributed by atoms with Crippen LogP contribution in [0, 0.1) is 6.92 Å². The Hall–Kier alpha value is -3.02. The number of methoxy groups -OCH3 is 1. The van der Waals surface area contributed by atoms with Gasteiger partial charge in [-0.15, -0.1) is 0 Å². The molecule has 2 amide bonds. The van der Waals surface area contributed by atoms with Gasteiger partial charge in [-0.1, -0.05) is 43.2 Å². The standard InChI is InChI=1S/C24H32N2O4/c1-5-6-15-25-24(28)19(3)26(16-20-9-7-18(2)8-10-20)23(27)17-30-22-13-11-21(29-4)12-14-22/h7-14,19H,5-6,15-17H2,1-4H3,(H,25,28). The highest BCUT2D eigenvalue weighted by Crippen LogP contribution is 2.18. The van der Waals surface area contributed by atoms with Crippen LogP contribution in [0.5, 0.6) is 11.5 Å². The van der Waals surface area contributed by atoms with Gasteiger partial charge in [0.2, 0.25) is 5.91 Å². The second-order valence-corrected chi connectivity index (χ2v) is 7.29. The fourth-order valence-corrected chi connectivity index (χ4v) is 2.91. The second-order valence-electron chi connectivity index (χ2n) is 7.29. The van der Waals surface area contributed by atoms with Gasteiger partial charge in [-0.25, -0.2) is 0 Å². The maximum absolute atomic E-state index is 13.0. The molecule has 162 valence electrons. The van der Waals surface area contributed by atoms with Crippen LogP contribution < -0.4 is 14.8 Å². The largest absolute Gasteiger partial charge is 0.497 e. The van der Waals surface area contributed by atoms with E-state index in [2.05, 4.69) is 12.2 Å². The summed E-state index contributed by atoms with van der Waals surface area (Å²) in [5.74, 6) is 0.879. The number of carbonyl (C=O) groups excluding carboxylic acids is 2. The summed E-state index contributed by atoms with van der Waals surface area (Å²) in [7, 11) is 1.59. The first-order valence-corrected chi connectivity index (χ1v) is 10.3. The van der Waals surface area contributed by atoms with E-state index in [-0.39, 0.29) is 18.4 Å². The first kappa shape index (κ1) is 23.3. The average Bonchev–Trinajstić information content (AvgIpc) is 2.77. The number of ether oxygens (including phenoxy) is 2. The maximum atomic E-state index is 13.0. The third-order valence-electron chi connectivity index (χ3n) is 4.89. The predicted octanol–water partition coefficient (Wildman–Crippen LogP) is 3.72. The lowest BCUT2D eigenvalue weighted by Gasteiger charge is -2.28. The summed E-state index contributed by atoms with van der Waals surface area (Å²) in [6.07, 6.45) is 1.90. The van der Waals surface area contributed by atoms with Crippen LogP contribution in [0.1, 0.15) is 37.8 Å². The zero-order valence-corrected chi connectivity index (χ0v) is 18.3. The van der Waals surface area contributed by atoms with Gasteiger partial charge in [0, 0.05) is 13.1 Å². The molecule has 0 saturated carbocycles. The molecule has 0 spiro atoms. The van der Waals surface area contributed by atoms with Crippen molar-refractivity contribution < 1.29 is 19.1 Å². The Morgan fingerprint density at radius 1 is 1.03 bits per heavy atom. The molecule has 0 heterocycles. The minimum absolute atomic E-state index is 0.148. The number of hydrogen-bond donors (Lipinski definition) is 1. The molecule has 2 aromatic carbocycles. The lowest BCUT2D eigenvalue weighted by atomic mass is 10.1. The molecule has 2 aromatic rings. The highest BCUT2D eigenvalue weighted by Gasteiger charge is 2.26. The Labute approximate surface area is 179 Å². The zero-order chi connectivity index (χ0) is 21.9. The van der Waals surface area contributed by atoms with E-state index in [4.69, 9.17) is 9.47 Å². The number of aryl methyl sites for hydroxylation is 1. The molecule has 0 aliphatic carbocycles. The SMILES string of the molecule is CCCCNC(=O)C(C)N(Cc1ccc(C)cc1)C(=O)COc1ccc(OC)cc1. The summed E-state index contributed by atoms with van der Waals surface area (Å²) >= 11 is 0. The van der Waals surface area contributed by atoms with E-state index in [1.807, 2.05) is 31.2 Å². The van der Waals surface area contributed by atoms with Crippen molar-refractivity contribution in [2.45, 2.75) is 46.2 Å². The molecule has 1 atom stereocenters. The molecule has 1 N–H and O–H groups in total. The van der Waals surface area contributed by atoms with Crippen molar-refractivity contribution in [1.29, 1.82) is 0 Å². The van der Waals surface area contributed by atoms with Gasteiger partial charge in [-0.05, 0) is 50.1 Å². The van der Waals surface area contributed by atoms with Crippen LogP contribution >= 0.6 is 0 Å². The van der Waals surface area contributed by atoms with Crippen molar-refractivity contribution in [2.75, 3.05) is 20.3 Å². The number of benzene rings is 2. The third kappa shape index (κ3) is 7.10. The van der Waals surface area contributed by atoms with Crippen molar-refractivity contribution in [1.82, 2.24) is 10.2 Å². The number of unbranched alkanes of at least 4 members (excludes halogenated alkanes) is 1. The summed E-state index contributed by atoms with van der Waals surface area (Å²) in [5.41, 5.74) is 2.11. The van der Waals surface area contributed by atoms with Gasteiger partial charge in [0.25, 0.3) is 5.91 Å². The highest BCUT2D eigenvalue weighted by molar-refractivity contribution is 5.87. The van der Waals surface area contributed by atoms with Gasteiger partial charge in [0.15, 0.2) is 6.61 Å². The van der Waals surface area contributed by atoms with Gasteiger partial charge < -0.3 is 19.7 Å². The molecular weight excluding hydrogens is 380 g/mol. The molecule has 0 fully saturated rings. The van der Waals surface area contributed by atoms with E-state index in [1.54, 1.807) is 43.2 Å². The van der Waals surface area contributed by atoms with E-state index in [1.165, 1.54) is 0 Å². The topological polar surface area (TPSA) is 67.9 Å². The molecule has 1 unspecified atom stereocenters. The summed E-state index contributed by atoms with van der Waals surface area (Å²) < 4.78 is 10.8. The third-order valence-corrected chi connectivity index (χ3v) is 4.89. The van der Waals surface area contributed by atoms with Gasteiger partial charge in [0.05, 0.1) is 7.11 Å². The molecule has 6 heteroatoms. The Balaban J connectivity index is 2.08. The molecule has 0 bridgehead atoms. The number of nitrogens with zero attached hydrogens (tertiary/aromatic N) is 1. The van der Waals surface area contributed by atoms with Crippen molar-refractivity contribution in [3.63, 3.8) is 0 Å². The molecule has 30 heavy (non-hydrogen) atoms. The van der Waals surface area contributed by atoms with Gasteiger partial charge in [-0.2, -0.15) is 0 Å². The normalized spacial score (nSPS) is 11.5. The van der Waals surface area contributed by atoms with Crippen LogP contribution in [0.2, 0.25) is 0 Å². The molecule has 0 aliphatic rings. The summed E-state index contributed by atoms with van der Waals surface area (Å²) in [6.45, 7) is 6.63. The second kappa shape index (κ2) is 11.9. The lowest BCUT2D eigenvalue weighted by Crippen LogP contribution is -2.49. The Morgan fingerprint density at radius 3 is 2.27 bits per heavy atom. The summed E-state index contributed by atoms with van der Waals surface area (Å²) in [5, 5.41) is 2.91. The smallest absolute Gasteiger partial charge is 0.261 e. The number of nitrogens with one attached hydrogen (secondary N) is 1. The van der Waals surface area contributed by atoms with Crippen LogP contribution in [0.25, 0.3) is 0 Å². The van der Waals surface area contributed by atoms with E-state index in [0.717, 1.165) is 24.0 Å². The monoisotopic (exact) mass is 412 g/mol. The van der Waals surface area contributed by atoms with Crippen molar-refractivity contribution >= 4 is 11.8 Å². The number of amides is 2. The Kier molecular flexibility index (Phi) is 9.19. The molecule has 0 aliphatic heterocycles. The maximum Gasteiger partial charge on any atom is 0.261 e. The number of rotatable bonds is 11. The van der Waals surface area contributed by atoms with Crippen LogP contribution in [0.15, 0.2) is 48.5 Å². The van der Waals surface area contributed by atoms with Crippen molar-refractivity contribution in [2.24, 2.45) is 0 Å². The molecule has 0 saturated heterocycles. The Morgan fingerprint density at radius 2 is 1.67 bits per heavy atom. The molecule has 0 aromatic heterocycles. The first-order valence-electron chi connectivity index (χ1n) is 10.3. The van der Waals surface area contributed by atoms with Gasteiger partial charge >= 0.3 is 0 Å². The quantitative estimate of drug-likeness (QED) is 0.571. The average molecular weight is 413 g/mol. The van der Waals surface area contributed by atoms with E-state index in [9.17, 15) is 9.59 Å². The minimum Gasteiger partial charge on any atom is -0.497 e. The molecule has 0 radical (unpaired) electrons. The predicted molar refractivity (Wildman–Crippen MR) is 118 cm³/mol. The van der Waals surface area contributed by atoms with Crippen LogP contribution in [0.3, 0.4) is 0 Å². The molecule has 6 nitrogen and oxygen atoms in total. The van der Waals surface area contributed by atoms with Gasteiger partial charge in [-0.3, -0.25) is 9.59 Å². The van der Waals surface area contributed by atoms with Crippen LogP contribution in [-0.4, -0.2) is 43.0 Å². The lowest BCUT2D eigenvalue weighted by molar-refractivity contribution is -0.142. The summed E-state index contributed by atoms with van der Waals surface area (Å²) in [4.78, 5) is 27.1. The highest BCUT2D eigenvalue weighted by atomic mass is 16.5.